The van der Waals surface area contributed by atoms with Crippen LogP contribution in [0.2, 0.25) is 0 Å². The van der Waals surface area contributed by atoms with Crippen LogP contribution in [0.15, 0.2) is 64.5 Å². The van der Waals surface area contributed by atoms with E-state index in [1.807, 2.05) is 24.3 Å². The van der Waals surface area contributed by atoms with Crippen molar-refractivity contribution in [2.45, 2.75) is 12.8 Å². The Balaban J connectivity index is 1.99. The molecule has 0 unspecified atom stereocenters. The molecule has 0 aliphatic carbocycles. The van der Waals surface area contributed by atoms with Crippen molar-refractivity contribution in [3.63, 3.8) is 0 Å². The minimum Gasteiger partial charge on any atom is -0.422 e. The van der Waals surface area contributed by atoms with E-state index in [-0.39, 0.29) is 17.1 Å². The van der Waals surface area contributed by atoms with E-state index in [9.17, 15) is 15.4 Å². The second kappa shape index (κ2) is 7.07. The zero-order chi connectivity index (χ0) is 20.7. The second-order valence-corrected chi connectivity index (χ2v) is 7.35. The minimum atomic E-state index is -0.755. The van der Waals surface area contributed by atoms with Gasteiger partial charge in [0.25, 0.3) is 5.69 Å². The van der Waals surface area contributed by atoms with Crippen LogP contribution in [0.5, 0.6) is 5.88 Å². The average molecular weight is 452 g/mol. The van der Waals surface area contributed by atoms with E-state index in [0.717, 1.165) is 10.2 Å². The van der Waals surface area contributed by atoms with Gasteiger partial charge in [-0.3, -0.25) is 10.1 Å². The molecule has 2 aromatic carbocycles. The number of aryl methyl sites for hydroxylation is 1. The number of hydrogen-bond donors (Lipinski definition) is 1. The van der Waals surface area contributed by atoms with Gasteiger partial charge in [-0.25, -0.2) is 4.68 Å². The summed E-state index contributed by atoms with van der Waals surface area (Å²) in [4.78, 5) is 11.1. The summed E-state index contributed by atoms with van der Waals surface area (Å²) in [5.41, 5.74) is 8.33. The summed E-state index contributed by atoms with van der Waals surface area (Å²) in [5, 5.41) is 25.9. The van der Waals surface area contributed by atoms with Crippen LogP contribution in [-0.4, -0.2) is 14.7 Å². The van der Waals surface area contributed by atoms with Gasteiger partial charge in [0.2, 0.25) is 11.8 Å². The fourth-order valence-corrected chi connectivity index (χ4v) is 3.74. The number of halogens is 1. The first-order valence-electron chi connectivity index (χ1n) is 8.58. The number of aromatic nitrogens is 2. The summed E-state index contributed by atoms with van der Waals surface area (Å²) in [6.45, 7) is 1.77. The molecule has 0 saturated carbocycles. The number of benzene rings is 2. The number of nitro groups is 1. The van der Waals surface area contributed by atoms with Crippen LogP contribution in [0.25, 0.3) is 5.69 Å². The highest BCUT2D eigenvalue weighted by Gasteiger charge is 2.39. The normalized spacial score (nSPS) is 15.4. The van der Waals surface area contributed by atoms with Crippen LogP contribution in [0.3, 0.4) is 0 Å². The van der Waals surface area contributed by atoms with Crippen molar-refractivity contribution in [2.75, 3.05) is 0 Å². The van der Waals surface area contributed by atoms with Gasteiger partial charge in [0.05, 0.1) is 27.8 Å². The monoisotopic (exact) mass is 451 g/mol. The molecule has 0 bridgehead atoms. The third kappa shape index (κ3) is 3.03. The lowest BCUT2D eigenvalue weighted by Crippen LogP contribution is -2.22. The van der Waals surface area contributed by atoms with Crippen LogP contribution in [-0.2, 0) is 0 Å². The van der Waals surface area contributed by atoms with Crippen LogP contribution in [0.4, 0.5) is 5.69 Å². The van der Waals surface area contributed by atoms with Crippen molar-refractivity contribution in [2.24, 2.45) is 5.73 Å². The Kier molecular flexibility index (Phi) is 4.56. The summed E-state index contributed by atoms with van der Waals surface area (Å²) in [5.74, 6) is -0.513. The Morgan fingerprint density at radius 3 is 2.62 bits per heavy atom. The molecule has 0 amide bonds. The number of nitrogens with two attached hydrogens (primary N) is 1. The maximum atomic E-state index is 11.6. The molecule has 1 aromatic heterocycles. The average Bonchev–Trinajstić information content (AvgIpc) is 3.03. The molecule has 144 valence electrons. The van der Waals surface area contributed by atoms with E-state index in [1.54, 1.807) is 29.8 Å². The van der Waals surface area contributed by atoms with Crippen molar-refractivity contribution in [3.05, 3.63) is 91.4 Å². The molecule has 0 fully saturated rings. The van der Waals surface area contributed by atoms with Gasteiger partial charge in [0, 0.05) is 16.1 Å². The van der Waals surface area contributed by atoms with Gasteiger partial charge in [-0.2, -0.15) is 10.4 Å². The smallest absolute Gasteiger partial charge is 0.273 e. The number of rotatable bonds is 3. The highest BCUT2D eigenvalue weighted by atomic mass is 79.9. The standard InChI is InChI=1S/C20H14BrN5O3/c1-11-17-18(14-4-2-3-5-16(14)26(27)28)15(10-22)19(23)29-20(17)25(24-11)13-8-6-12(21)7-9-13/h2-9,18H,23H2,1H3/t18-/m1/s1. The minimum absolute atomic E-state index is 0.0957. The van der Waals surface area contributed by atoms with E-state index in [2.05, 4.69) is 27.1 Å². The molecule has 2 heterocycles. The number of nitro benzene ring substituents is 1. The van der Waals surface area contributed by atoms with Gasteiger partial charge in [-0.05, 0) is 31.2 Å². The lowest BCUT2D eigenvalue weighted by Gasteiger charge is -2.24. The van der Waals surface area contributed by atoms with Gasteiger partial charge >= 0.3 is 0 Å². The highest BCUT2D eigenvalue weighted by molar-refractivity contribution is 9.10. The van der Waals surface area contributed by atoms with Crippen LogP contribution < -0.4 is 10.5 Å². The Morgan fingerprint density at radius 1 is 1.28 bits per heavy atom. The van der Waals surface area contributed by atoms with E-state index in [0.29, 0.717) is 22.7 Å². The van der Waals surface area contributed by atoms with Gasteiger partial charge in [-0.15, -0.1) is 0 Å². The molecule has 2 N–H and O–H groups in total. The molecule has 1 aliphatic heterocycles. The lowest BCUT2D eigenvalue weighted by atomic mass is 9.83. The van der Waals surface area contributed by atoms with Crippen molar-refractivity contribution in [3.8, 4) is 17.6 Å². The number of ether oxygens (including phenoxy) is 1. The topological polar surface area (TPSA) is 120 Å². The van der Waals surface area contributed by atoms with E-state index in [4.69, 9.17) is 10.5 Å². The third-order valence-electron chi connectivity index (χ3n) is 4.75. The number of fused-ring (bicyclic) bond motifs is 1. The maximum Gasteiger partial charge on any atom is 0.273 e. The van der Waals surface area contributed by atoms with Crippen molar-refractivity contribution in [1.29, 1.82) is 5.26 Å². The largest absolute Gasteiger partial charge is 0.422 e. The molecule has 1 atom stereocenters. The maximum absolute atomic E-state index is 11.6. The third-order valence-corrected chi connectivity index (χ3v) is 5.28. The van der Waals surface area contributed by atoms with Crippen molar-refractivity contribution >= 4 is 21.6 Å². The van der Waals surface area contributed by atoms with Crippen LogP contribution in [0, 0.1) is 28.4 Å². The number of para-hydroxylation sites is 1. The van der Waals surface area contributed by atoms with Gasteiger partial charge in [-0.1, -0.05) is 34.1 Å². The Morgan fingerprint density at radius 2 is 1.97 bits per heavy atom. The molecule has 29 heavy (non-hydrogen) atoms. The zero-order valence-corrected chi connectivity index (χ0v) is 16.8. The second-order valence-electron chi connectivity index (χ2n) is 6.43. The summed E-state index contributed by atoms with van der Waals surface area (Å²) >= 11 is 3.40. The molecule has 0 spiro atoms. The Labute approximate surface area is 174 Å². The molecule has 0 radical (unpaired) electrons. The molecule has 0 saturated heterocycles. The molecular weight excluding hydrogens is 438 g/mol. The predicted octanol–water partition coefficient (Wildman–Crippen LogP) is 4.07. The van der Waals surface area contributed by atoms with Crippen molar-refractivity contribution in [1.82, 2.24) is 9.78 Å². The van der Waals surface area contributed by atoms with Crippen LogP contribution in [0.1, 0.15) is 22.7 Å². The lowest BCUT2D eigenvalue weighted by molar-refractivity contribution is -0.385. The van der Waals surface area contributed by atoms with Crippen LogP contribution >= 0.6 is 15.9 Å². The molecule has 3 aromatic rings. The van der Waals surface area contributed by atoms with Gasteiger partial charge in [0.15, 0.2) is 0 Å². The first-order chi connectivity index (χ1) is 13.9. The zero-order valence-electron chi connectivity index (χ0n) is 15.2. The van der Waals surface area contributed by atoms with E-state index in [1.165, 1.54) is 6.07 Å². The number of nitrogens with zero attached hydrogens (tertiary/aromatic N) is 4. The van der Waals surface area contributed by atoms with E-state index >= 15 is 0 Å². The SMILES string of the molecule is Cc1nn(-c2ccc(Br)cc2)c2c1[C@H](c1ccccc1[N+](=O)[O-])C(C#N)=C(N)O2. The molecule has 4 rings (SSSR count). The quantitative estimate of drug-likeness (QED) is 0.473. The number of hydrogen-bond acceptors (Lipinski definition) is 6. The molecule has 1 aliphatic rings. The van der Waals surface area contributed by atoms with Gasteiger partial charge in [0.1, 0.15) is 11.6 Å². The number of nitriles is 1. The summed E-state index contributed by atoms with van der Waals surface area (Å²) in [6, 6.07) is 15.8. The fraction of sp³-hybridized carbons (Fsp3) is 0.100. The van der Waals surface area contributed by atoms with Gasteiger partial charge < -0.3 is 10.5 Å². The van der Waals surface area contributed by atoms with E-state index < -0.39 is 10.8 Å². The van der Waals surface area contributed by atoms with Crippen molar-refractivity contribution < 1.29 is 9.66 Å². The predicted molar refractivity (Wildman–Crippen MR) is 108 cm³/mol. The first-order valence-corrected chi connectivity index (χ1v) is 9.38. The molecule has 8 nitrogen and oxygen atoms in total. The molecular formula is C20H14BrN5O3. The first kappa shape index (κ1) is 18.7. The summed E-state index contributed by atoms with van der Waals surface area (Å²) in [7, 11) is 0. The highest BCUT2D eigenvalue weighted by Crippen LogP contribution is 2.46. The number of allylic oxidation sites excluding steroid dienone is 1. The summed E-state index contributed by atoms with van der Waals surface area (Å²) in [6.07, 6.45) is 0. The fourth-order valence-electron chi connectivity index (χ4n) is 3.48. The Bertz CT molecular complexity index is 1210. The Hall–Kier alpha value is -3.64. The summed E-state index contributed by atoms with van der Waals surface area (Å²) < 4.78 is 8.27. The molecule has 9 heteroatoms.